The van der Waals surface area contributed by atoms with Crippen LogP contribution >= 0.6 is 0 Å². The molecule has 0 heterocycles. The second kappa shape index (κ2) is 10.5. The molecule has 0 bridgehead atoms. The zero-order valence-corrected chi connectivity index (χ0v) is 18.6. The topological polar surface area (TPSA) is 37.3 Å². The molecule has 29 heavy (non-hydrogen) atoms. The van der Waals surface area contributed by atoms with E-state index in [1.165, 1.54) is 89.9 Å². The van der Waals surface area contributed by atoms with Gasteiger partial charge >= 0.3 is 0 Å². The van der Waals surface area contributed by atoms with Crippen LogP contribution in [0.2, 0.25) is 0 Å². The Morgan fingerprint density at radius 3 is 1.34 bits per heavy atom. The van der Waals surface area contributed by atoms with Gasteiger partial charge in [-0.1, -0.05) is 64.2 Å². The van der Waals surface area contributed by atoms with E-state index in [4.69, 9.17) is 0 Å². The predicted molar refractivity (Wildman–Crippen MR) is 120 cm³/mol. The van der Waals surface area contributed by atoms with Crippen LogP contribution in [0.15, 0.2) is 11.8 Å². The molecule has 0 aromatic rings. The summed E-state index contributed by atoms with van der Waals surface area (Å²) in [6, 6.07) is 0. The minimum atomic E-state index is 0.176. The maximum absolute atomic E-state index is 12.8. The second-order valence-electron chi connectivity index (χ2n) is 11.0. The van der Waals surface area contributed by atoms with Crippen molar-refractivity contribution >= 4 is 5.78 Å². The van der Waals surface area contributed by atoms with Crippen molar-refractivity contribution < 1.29 is 9.90 Å². The van der Waals surface area contributed by atoms with E-state index < -0.39 is 0 Å². The molecule has 2 heteroatoms. The Kier molecular flexibility index (Phi) is 7.76. The Balaban J connectivity index is 1.21. The van der Waals surface area contributed by atoms with Crippen LogP contribution in [-0.4, -0.2) is 10.9 Å². The van der Waals surface area contributed by atoms with E-state index in [2.05, 4.69) is 0 Å². The first-order chi connectivity index (χ1) is 14.2. The quantitative estimate of drug-likeness (QED) is 0.378. The number of hydrogen-bond acceptors (Lipinski definition) is 2. The van der Waals surface area contributed by atoms with Crippen LogP contribution in [0.5, 0.6) is 0 Å². The number of aliphatic hydroxyl groups is 1. The Morgan fingerprint density at radius 2 is 0.897 bits per heavy atom. The number of rotatable bonds is 5. The summed E-state index contributed by atoms with van der Waals surface area (Å²) in [5, 5.41) is 10.7. The van der Waals surface area contributed by atoms with Crippen molar-refractivity contribution in [2.75, 3.05) is 0 Å². The van der Waals surface area contributed by atoms with Crippen LogP contribution in [0.1, 0.15) is 116 Å². The molecule has 0 radical (unpaired) electrons. The molecular weight excluding hydrogens is 356 g/mol. The summed E-state index contributed by atoms with van der Waals surface area (Å²) in [7, 11) is 0. The van der Waals surface area contributed by atoms with Crippen LogP contribution in [0.25, 0.3) is 0 Å². The lowest BCUT2D eigenvalue weighted by atomic mass is 9.69. The minimum Gasteiger partial charge on any atom is -0.512 e. The van der Waals surface area contributed by atoms with E-state index in [-0.39, 0.29) is 17.6 Å². The largest absolute Gasteiger partial charge is 0.512 e. The van der Waals surface area contributed by atoms with Gasteiger partial charge in [0.05, 0.1) is 5.76 Å². The SMILES string of the molecule is O=C(/C=C(\O)C1CCC(C2CCCCC2)CC1)C1CCC(C2CCCCC2)CC1. The fraction of sp³-hybridized carbons (Fsp3) is 0.889. The van der Waals surface area contributed by atoms with Gasteiger partial charge in [-0.3, -0.25) is 4.79 Å². The first-order valence-corrected chi connectivity index (χ1v) is 13.1. The fourth-order valence-electron chi connectivity index (χ4n) is 7.35. The lowest BCUT2D eigenvalue weighted by Gasteiger charge is -2.36. The van der Waals surface area contributed by atoms with Gasteiger partial charge < -0.3 is 5.11 Å². The average molecular weight is 401 g/mol. The van der Waals surface area contributed by atoms with Crippen LogP contribution in [0.4, 0.5) is 0 Å². The molecular formula is C27H44O2. The molecule has 0 saturated heterocycles. The van der Waals surface area contributed by atoms with Gasteiger partial charge in [0.25, 0.3) is 0 Å². The molecule has 1 N–H and O–H groups in total. The monoisotopic (exact) mass is 400 g/mol. The molecule has 0 atom stereocenters. The Hall–Kier alpha value is -0.790. The maximum atomic E-state index is 12.8. The summed E-state index contributed by atoms with van der Waals surface area (Å²) in [4.78, 5) is 12.8. The van der Waals surface area contributed by atoms with Crippen molar-refractivity contribution in [2.45, 2.75) is 116 Å². The Morgan fingerprint density at radius 1 is 0.517 bits per heavy atom. The molecule has 4 fully saturated rings. The normalized spacial score (nSPS) is 36.1. The molecule has 4 aliphatic rings. The zero-order chi connectivity index (χ0) is 20.1. The van der Waals surface area contributed by atoms with Crippen molar-refractivity contribution in [3.63, 3.8) is 0 Å². The molecule has 0 amide bonds. The van der Waals surface area contributed by atoms with Gasteiger partial charge in [0, 0.05) is 17.9 Å². The molecule has 2 nitrogen and oxygen atoms in total. The summed E-state index contributed by atoms with van der Waals surface area (Å²) in [5.41, 5.74) is 0. The number of ketones is 1. The lowest BCUT2D eigenvalue weighted by Crippen LogP contribution is -2.27. The van der Waals surface area contributed by atoms with Gasteiger partial charge in [-0.05, 0) is 75.0 Å². The molecule has 164 valence electrons. The highest BCUT2D eigenvalue weighted by molar-refractivity contribution is 5.92. The van der Waals surface area contributed by atoms with E-state index in [0.717, 1.165) is 49.4 Å². The van der Waals surface area contributed by atoms with Crippen molar-refractivity contribution in [1.82, 2.24) is 0 Å². The van der Waals surface area contributed by atoms with E-state index in [1.807, 2.05) is 0 Å². The molecule has 4 aliphatic carbocycles. The van der Waals surface area contributed by atoms with Crippen molar-refractivity contribution in [1.29, 1.82) is 0 Å². The van der Waals surface area contributed by atoms with Crippen molar-refractivity contribution in [3.8, 4) is 0 Å². The predicted octanol–water partition coefficient (Wildman–Crippen LogP) is 7.77. The standard InChI is InChI=1S/C27H44O2/c28-26(24-15-11-22(12-16-24)20-7-3-1-4-8-20)19-27(29)25-17-13-23(14-18-25)21-9-5-2-6-10-21/h19-25,28H,1-18H2/b26-19-. The summed E-state index contributed by atoms with van der Waals surface area (Å²) in [6.07, 6.45) is 25.2. The summed E-state index contributed by atoms with van der Waals surface area (Å²) in [5.74, 6) is 4.68. The number of carbonyl (C=O) groups excluding carboxylic acids is 1. The third-order valence-electron chi connectivity index (χ3n) is 9.29. The van der Waals surface area contributed by atoms with Gasteiger partial charge in [0.15, 0.2) is 5.78 Å². The van der Waals surface area contributed by atoms with Crippen LogP contribution < -0.4 is 0 Å². The first-order valence-electron chi connectivity index (χ1n) is 13.1. The van der Waals surface area contributed by atoms with E-state index in [0.29, 0.717) is 5.76 Å². The van der Waals surface area contributed by atoms with Gasteiger partial charge in [0.1, 0.15) is 0 Å². The maximum Gasteiger partial charge on any atom is 0.162 e. The Bertz CT molecular complexity index is 537. The average Bonchev–Trinajstić information content (AvgIpc) is 2.80. The minimum absolute atomic E-state index is 0.176. The zero-order valence-electron chi connectivity index (χ0n) is 18.6. The summed E-state index contributed by atoms with van der Waals surface area (Å²) < 4.78 is 0. The number of allylic oxidation sites excluding steroid dienone is 2. The highest BCUT2D eigenvalue weighted by atomic mass is 16.3. The number of hydrogen-bond donors (Lipinski definition) is 1. The van der Waals surface area contributed by atoms with Crippen LogP contribution in [0.3, 0.4) is 0 Å². The van der Waals surface area contributed by atoms with Crippen molar-refractivity contribution in [3.05, 3.63) is 11.8 Å². The summed E-state index contributed by atoms with van der Waals surface area (Å²) in [6.45, 7) is 0. The second-order valence-corrected chi connectivity index (χ2v) is 11.0. The van der Waals surface area contributed by atoms with Crippen LogP contribution in [-0.2, 0) is 4.79 Å². The molecule has 0 spiro atoms. The molecule has 4 rings (SSSR count). The molecule has 0 unspecified atom stereocenters. The van der Waals surface area contributed by atoms with E-state index in [1.54, 1.807) is 6.08 Å². The highest BCUT2D eigenvalue weighted by Gasteiger charge is 2.32. The fourth-order valence-corrected chi connectivity index (χ4v) is 7.35. The Labute approximate surface area is 178 Å². The highest BCUT2D eigenvalue weighted by Crippen LogP contribution is 2.42. The lowest BCUT2D eigenvalue weighted by molar-refractivity contribution is -0.119. The number of aliphatic hydroxyl groups excluding tert-OH is 1. The van der Waals surface area contributed by atoms with Crippen molar-refractivity contribution in [2.24, 2.45) is 35.5 Å². The van der Waals surface area contributed by atoms with E-state index >= 15 is 0 Å². The molecule has 0 aromatic heterocycles. The summed E-state index contributed by atoms with van der Waals surface area (Å²) >= 11 is 0. The molecule has 0 aromatic carbocycles. The van der Waals surface area contributed by atoms with Gasteiger partial charge in [-0.2, -0.15) is 0 Å². The van der Waals surface area contributed by atoms with Gasteiger partial charge in [0.2, 0.25) is 0 Å². The van der Waals surface area contributed by atoms with Crippen LogP contribution in [0, 0.1) is 35.5 Å². The first kappa shape index (κ1) is 21.4. The molecule has 4 saturated carbocycles. The van der Waals surface area contributed by atoms with Gasteiger partial charge in [-0.15, -0.1) is 0 Å². The van der Waals surface area contributed by atoms with E-state index in [9.17, 15) is 9.90 Å². The van der Waals surface area contributed by atoms with Gasteiger partial charge in [-0.25, -0.2) is 0 Å². The molecule has 0 aliphatic heterocycles. The number of carbonyl (C=O) groups is 1. The third-order valence-corrected chi connectivity index (χ3v) is 9.29. The smallest absolute Gasteiger partial charge is 0.162 e. The third kappa shape index (κ3) is 5.67.